The zero-order valence-electron chi connectivity index (χ0n) is 21.8. The molecule has 0 aliphatic carbocycles. The van der Waals surface area contributed by atoms with E-state index in [9.17, 15) is 9.90 Å². The van der Waals surface area contributed by atoms with Gasteiger partial charge in [-0.05, 0) is 24.5 Å². The first kappa shape index (κ1) is 29.3. The van der Waals surface area contributed by atoms with Gasteiger partial charge in [0, 0.05) is 6.07 Å². The van der Waals surface area contributed by atoms with Crippen LogP contribution in [0.15, 0.2) is 12.1 Å². The molecule has 0 heterocycles. The molecule has 0 aliphatic heterocycles. The van der Waals surface area contributed by atoms with Crippen LogP contribution >= 0.6 is 0 Å². The lowest BCUT2D eigenvalue weighted by atomic mass is 9.98. The highest BCUT2D eigenvalue weighted by Crippen LogP contribution is 2.30. The summed E-state index contributed by atoms with van der Waals surface area (Å²) in [5, 5.41) is 10.2. The van der Waals surface area contributed by atoms with Gasteiger partial charge in [0.1, 0.15) is 17.1 Å². The van der Waals surface area contributed by atoms with Crippen molar-refractivity contribution in [3.63, 3.8) is 0 Å². The standard InChI is InChI=1S/C29H50O4/c1-4-5-6-7-8-9-10-11-12-13-14-15-16-17-18-19-20-21-22-25-23-26(32-2)24-27(30)28(25)29(31)33-3/h23-24,30H,4-22H2,1-3H3. The van der Waals surface area contributed by atoms with E-state index in [0.717, 1.165) is 24.8 Å². The molecule has 0 amide bonds. The molecule has 1 N–H and O–H groups in total. The van der Waals surface area contributed by atoms with Crippen LogP contribution in [0.3, 0.4) is 0 Å². The van der Waals surface area contributed by atoms with E-state index in [1.807, 2.05) is 6.07 Å². The number of benzene rings is 1. The van der Waals surface area contributed by atoms with Crippen LogP contribution in [0.5, 0.6) is 11.5 Å². The lowest BCUT2D eigenvalue weighted by Gasteiger charge is -2.12. The van der Waals surface area contributed by atoms with Crippen molar-refractivity contribution >= 4 is 5.97 Å². The zero-order chi connectivity index (χ0) is 24.2. The summed E-state index contributed by atoms with van der Waals surface area (Å²) < 4.78 is 10.1. The number of hydrogen-bond acceptors (Lipinski definition) is 4. The van der Waals surface area contributed by atoms with Gasteiger partial charge < -0.3 is 14.6 Å². The summed E-state index contributed by atoms with van der Waals surface area (Å²) in [5.41, 5.74) is 1.07. The van der Waals surface area contributed by atoms with Gasteiger partial charge in [-0.1, -0.05) is 116 Å². The molecular weight excluding hydrogens is 412 g/mol. The second kappa shape index (κ2) is 19.7. The van der Waals surface area contributed by atoms with Crippen LogP contribution in [-0.4, -0.2) is 25.3 Å². The Labute approximate surface area is 203 Å². The minimum Gasteiger partial charge on any atom is -0.507 e. The Hall–Kier alpha value is -1.71. The molecule has 0 unspecified atom stereocenters. The molecule has 1 rings (SSSR count). The monoisotopic (exact) mass is 462 g/mol. The van der Waals surface area contributed by atoms with Gasteiger partial charge in [-0.15, -0.1) is 0 Å². The van der Waals surface area contributed by atoms with Gasteiger partial charge in [-0.3, -0.25) is 0 Å². The Morgan fingerprint density at radius 3 is 1.52 bits per heavy atom. The summed E-state index contributed by atoms with van der Waals surface area (Å²) in [6.07, 6.45) is 25.0. The van der Waals surface area contributed by atoms with Gasteiger partial charge in [0.15, 0.2) is 0 Å². The van der Waals surface area contributed by atoms with Gasteiger partial charge in [-0.2, -0.15) is 0 Å². The summed E-state index contributed by atoms with van der Waals surface area (Å²) in [7, 11) is 2.90. The van der Waals surface area contributed by atoms with Crippen molar-refractivity contribution in [3.8, 4) is 11.5 Å². The van der Waals surface area contributed by atoms with E-state index in [-0.39, 0.29) is 11.3 Å². The van der Waals surface area contributed by atoms with Gasteiger partial charge in [0.05, 0.1) is 14.2 Å². The fourth-order valence-electron chi connectivity index (χ4n) is 4.53. The Morgan fingerprint density at radius 1 is 0.697 bits per heavy atom. The smallest absolute Gasteiger partial charge is 0.341 e. The number of aromatic hydroxyl groups is 1. The number of methoxy groups -OCH3 is 2. The average Bonchev–Trinajstić information content (AvgIpc) is 2.82. The topological polar surface area (TPSA) is 55.8 Å². The fraction of sp³-hybridized carbons (Fsp3) is 0.759. The third-order valence-electron chi connectivity index (χ3n) is 6.60. The number of unbranched alkanes of at least 4 members (excludes halogenated alkanes) is 17. The van der Waals surface area contributed by atoms with Crippen molar-refractivity contribution in [1.82, 2.24) is 0 Å². The zero-order valence-corrected chi connectivity index (χ0v) is 21.8. The molecule has 0 atom stereocenters. The van der Waals surface area contributed by atoms with Crippen LogP contribution < -0.4 is 4.74 Å². The van der Waals surface area contributed by atoms with E-state index < -0.39 is 5.97 Å². The number of hydrogen-bond donors (Lipinski definition) is 1. The van der Waals surface area contributed by atoms with E-state index in [1.165, 1.54) is 116 Å². The predicted molar refractivity (Wildman–Crippen MR) is 138 cm³/mol. The van der Waals surface area contributed by atoms with Crippen molar-refractivity contribution in [2.45, 2.75) is 129 Å². The molecule has 190 valence electrons. The number of phenols is 1. The fourth-order valence-corrected chi connectivity index (χ4v) is 4.53. The molecule has 0 aromatic heterocycles. The largest absolute Gasteiger partial charge is 0.507 e. The summed E-state index contributed by atoms with van der Waals surface area (Å²) >= 11 is 0. The summed E-state index contributed by atoms with van der Waals surface area (Å²) in [5.74, 6) is 0.00346. The molecule has 1 aromatic rings. The van der Waals surface area contributed by atoms with Crippen LogP contribution in [0.25, 0.3) is 0 Å². The predicted octanol–water partition coefficient (Wildman–Crippen LogP) is 8.77. The van der Waals surface area contributed by atoms with E-state index in [2.05, 4.69) is 6.92 Å². The summed E-state index contributed by atoms with van der Waals surface area (Å²) in [6, 6.07) is 3.30. The molecule has 33 heavy (non-hydrogen) atoms. The number of ether oxygens (including phenoxy) is 2. The molecule has 0 aliphatic rings. The van der Waals surface area contributed by atoms with Gasteiger partial charge >= 0.3 is 5.97 Å². The highest BCUT2D eigenvalue weighted by molar-refractivity contribution is 5.94. The van der Waals surface area contributed by atoms with Gasteiger partial charge in [0.25, 0.3) is 0 Å². The average molecular weight is 463 g/mol. The Bertz CT molecular complexity index is 626. The van der Waals surface area contributed by atoms with Gasteiger partial charge in [-0.25, -0.2) is 4.79 Å². The summed E-state index contributed by atoms with van der Waals surface area (Å²) in [6.45, 7) is 2.28. The molecule has 4 heteroatoms. The van der Waals surface area contributed by atoms with Crippen LogP contribution in [0.1, 0.15) is 138 Å². The molecule has 0 saturated heterocycles. The van der Waals surface area contributed by atoms with E-state index in [4.69, 9.17) is 9.47 Å². The van der Waals surface area contributed by atoms with Crippen molar-refractivity contribution in [3.05, 3.63) is 23.3 Å². The van der Waals surface area contributed by atoms with Crippen LogP contribution in [0.4, 0.5) is 0 Å². The van der Waals surface area contributed by atoms with Crippen LogP contribution in [0, 0.1) is 0 Å². The van der Waals surface area contributed by atoms with E-state index in [1.54, 1.807) is 7.11 Å². The van der Waals surface area contributed by atoms with E-state index >= 15 is 0 Å². The first-order valence-electron chi connectivity index (χ1n) is 13.6. The first-order chi connectivity index (χ1) is 16.1. The Kier molecular flexibility index (Phi) is 17.5. The molecule has 0 saturated carbocycles. The maximum atomic E-state index is 12.0. The minimum absolute atomic E-state index is 0.0707. The van der Waals surface area contributed by atoms with E-state index in [0.29, 0.717) is 5.75 Å². The van der Waals surface area contributed by atoms with Crippen molar-refractivity contribution in [2.24, 2.45) is 0 Å². The number of rotatable bonds is 21. The molecule has 1 aromatic carbocycles. The van der Waals surface area contributed by atoms with Crippen LogP contribution in [-0.2, 0) is 11.2 Å². The first-order valence-corrected chi connectivity index (χ1v) is 13.6. The Balaban J connectivity index is 2.01. The number of aryl methyl sites for hydroxylation is 1. The quantitative estimate of drug-likeness (QED) is 0.146. The lowest BCUT2D eigenvalue weighted by Crippen LogP contribution is -2.07. The second-order valence-corrected chi connectivity index (χ2v) is 9.43. The lowest BCUT2D eigenvalue weighted by molar-refractivity contribution is 0.0596. The third-order valence-corrected chi connectivity index (χ3v) is 6.60. The highest BCUT2D eigenvalue weighted by Gasteiger charge is 2.18. The normalized spacial score (nSPS) is 11.0. The Morgan fingerprint density at radius 2 is 1.12 bits per heavy atom. The minimum atomic E-state index is -0.493. The van der Waals surface area contributed by atoms with Crippen molar-refractivity contribution < 1.29 is 19.4 Å². The molecular formula is C29H50O4. The molecule has 0 bridgehead atoms. The number of esters is 1. The maximum Gasteiger partial charge on any atom is 0.341 e. The van der Waals surface area contributed by atoms with Crippen LogP contribution in [0.2, 0.25) is 0 Å². The SMILES string of the molecule is CCCCCCCCCCCCCCCCCCCCc1cc(OC)cc(O)c1C(=O)OC. The summed E-state index contributed by atoms with van der Waals surface area (Å²) in [4.78, 5) is 12.0. The molecule has 0 radical (unpaired) electrons. The molecule has 0 fully saturated rings. The number of phenolic OH excluding ortho intramolecular Hbond substituents is 1. The molecule has 0 spiro atoms. The third kappa shape index (κ3) is 13.6. The van der Waals surface area contributed by atoms with Gasteiger partial charge in [0.2, 0.25) is 0 Å². The second-order valence-electron chi connectivity index (χ2n) is 9.43. The number of carbonyl (C=O) groups is 1. The maximum absolute atomic E-state index is 12.0. The highest BCUT2D eigenvalue weighted by atomic mass is 16.5. The molecule has 4 nitrogen and oxygen atoms in total. The number of carbonyl (C=O) groups excluding carboxylic acids is 1. The van der Waals surface area contributed by atoms with Crippen molar-refractivity contribution in [1.29, 1.82) is 0 Å². The van der Waals surface area contributed by atoms with Crippen molar-refractivity contribution in [2.75, 3.05) is 14.2 Å².